The lowest BCUT2D eigenvalue weighted by Gasteiger charge is -2.30. The van der Waals surface area contributed by atoms with Crippen molar-refractivity contribution in [1.29, 1.82) is 0 Å². The Morgan fingerprint density at radius 2 is 2.00 bits per heavy atom. The summed E-state index contributed by atoms with van der Waals surface area (Å²) >= 11 is 0. The minimum absolute atomic E-state index is 0.0909. The summed E-state index contributed by atoms with van der Waals surface area (Å²) in [6.07, 6.45) is 2.58. The Bertz CT molecular complexity index is 273. The molecule has 1 fully saturated rings. The van der Waals surface area contributed by atoms with E-state index in [0.717, 1.165) is 32.4 Å². The van der Waals surface area contributed by atoms with Crippen LogP contribution >= 0.6 is 0 Å². The molecule has 0 aliphatic carbocycles. The number of primary amides is 1. The van der Waals surface area contributed by atoms with Crippen LogP contribution in [0.2, 0.25) is 0 Å². The van der Waals surface area contributed by atoms with Gasteiger partial charge in [0.25, 0.3) is 0 Å². The molecule has 1 aliphatic rings. The van der Waals surface area contributed by atoms with Crippen LogP contribution in [0, 0.1) is 5.92 Å². The molecule has 1 heterocycles. The Balaban J connectivity index is 2.31. The van der Waals surface area contributed by atoms with Crippen molar-refractivity contribution in [3.8, 4) is 0 Å². The normalized spacial score (nSPS) is 19.9. The zero-order chi connectivity index (χ0) is 12.8. The summed E-state index contributed by atoms with van der Waals surface area (Å²) in [6.45, 7) is 5.93. The minimum atomic E-state index is -0.299. The number of nitrogens with two attached hydrogens (primary N) is 1. The summed E-state index contributed by atoms with van der Waals surface area (Å²) in [7, 11) is 0. The Morgan fingerprint density at radius 1 is 1.41 bits per heavy atom. The monoisotopic (exact) mass is 241 g/mol. The van der Waals surface area contributed by atoms with E-state index < -0.39 is 0 Å². The van der Waals surface area contributed by atoms with E-state index in [-0.39, 0.29) is 23.8 Å². The van der Waals surface area contributed by atoms with E-state index in [1.54, 1.807) is 0 Å². The van der Waals surface area contributed by atoms with E-state index in [1.165, 1.54) is 0 Å². The Morgan fingerprint density at radius 3 is 2.47 bits per heavy atom. The largest absolute Gasteiger partial charge is 0.369 e. The van der Waals surface area contributed by atoms with E-state index in [4.69, 9.17) is 5.73 Å². The molecule has 1 atom stereocenters. The molecule has 5 nitrogen and oxygen atoms in total. The number of likely N-dealkylation sites (tertiary alicyclic amines) is 1. The number of piperidine rings is 1. The molecule has 0 aromatic carbocycles. The van der Waals surface area contributed by atoms with E-state index in [1.807, 2.05) is 11.8 Å². The van der Waals surface area contributed by atoms with Gasteiger partial charge in [-0.3, -0.25) is 14.5 Å². The first-order valence-electron chi connectivity index (χ1n) is 6.34. The minimum Gasteiger partial charge on any atom is -0.369 e. The van der Waals surface area contributed by atoms with E-state index in [9.17, 15) is 9.59 Å². The van der Waals surface area contributed by atoms with Gasteiger partial charge >= 0.3 is 0 Å². The molecule has 1 aliphatic heterocycles. The third kappa shape index (κ3) is 4.73. The lowest BCUT2D eigenvalue weighted by molar-refractivity contribution is -0.127. The molecule has 0 saturated carbocycles. The predicted octanol–water partition coefficient (Wildman–Crippen LogP) is 0.0984. The van der Waals surface area contributed by atoms with Gasteiger partial charge in [0.1, 0.15) is 0 Å². The van der Waals surface area contributed by atoms with Crippen molar-refractivity contribution >= 4 is 11.8 Å². The van der Waals surface area contributed by atoms with E-state index >= 15 is 0 Å². The summed E-state index contributed by atoms with van der Waals surface area (Å²) in [4.78, 5) is 24.7. The number of hydrogen-bond donors (Lipinski definition) is 2. The molecule has 2 amide bonds. The van der Waals surface area contributed by atoms with Crippen LogP contribution in [0.1, 0.15) is 33.1 Å². The number of carbonyl (C=O) groups excluding carboxylic acids is 2. The first kappa shape index (κ1) is 14.0. The van der Waals surface area contributed by atoms with Crippen molar-refractivity contribution < 1.29 is 9.59 Å². The average molecular weight is 241 g/mol. The van der Waals surface area contributed by atoms with Gasteiger partial charge < -0.3 is 11.1 Å². The maximum Gasteiger partial charge on any atom is 0.231 e. The van der Waals surface area contributed by atoms with Gasteiger partial charge in [-0.1, -0.05) is 6.92 Å². The van der Waals surface area contributed by atoms with Gasteiger partial charge in [0, 0.05) is 12.0 Å². The molecule has 0 aromatic heterocycles. The molecular formula is C12H23N3O2. The van der Waals surface area contributed by atoms with Gasteiger partial charge in [-0.25, -0.2) is 0 Å². The topological polar surface area (TPSA) is 75.4 Å². The summed E-state index contributed by atoms with van der Waals surface area (Å²) in [5, 5.41) is 3.01. The highest BCUT2D eigenvalue weighted by Crippen LogP contribution is 2.17. The van der Waals surface area contributed by atoms with Gasteiger partial charge in [0.05, 0.1) is 6.54 Å². The highest BCUT2D eigenvalue weighted by Gasteiger charge is 2.25. The lowest BCUT2D eigenvalue weighted by atomic mass is 9.95. The summed E-state index contributed by atoms with van der Waals surface area (Å²) in [6, 6.07) is 0.242. The molecule has 0 spiro atoms. The molecular weight excluding hydrogens is 218 g/mol. The standard InChI is InChI=1S/C12H23N3O2/c1-3-9(2)14-12(17)10-4-6-15(7-5-10)8-11(13)16/h9-10H,3-8H2,1-2H3,(H2,13,16)(H,14,17). The second-order valence-corrected chi connectivity index (χ2v) is 4.83. The van der Waals surface area contributed by atoms with Gasteiger partial charge in [-0.15, -0.1) is 0 Å². The van der Waals surface area contributed by atoms with Crippen molar-refractivity contribution in [1.82, 2.24) is 10.2 Å². The zero-order valence-corrected chi connectivity index (χ0v) is 10.7. The van der Waals surface area contributed by atoms with Crippen molar-refractivity contribution in [3.05, 3.63) is 0 Å². The van der Waals surface area contributed by atoms with Crippen molar-refractivity contribution in [2.45, 2.75) is 39.2 Å². The predicted molar refractivity (Wildman–Crippen MR) is 66.3 cm³/mol. The van der Waals surface area contributed by atoms with Gasteiger partial charge in [0.15, 0.2) is 0 Å². The molecule has 98 valence electrons. The molecule has 1 saturated heterocycles. The Labute approximate surface area is 103 Å². The van der Waals surface area contributed by atoms with Crippen LogP contribution in [0.15, 0.2) is 0 Å². The van der Waals surface area contributed by atoms with Crippen LogP contribution < -0.4 is 11.1 Å². The lowest BCUT2D eigenvalue weighted by Crippen LogP contribution is -2.44. The van der Waals surface area contributed by atoms with E-state index in [0.29, 0.717) is 6.54 Å². The van der Waals surface area contributed by atoms with E-state index in [2.05, 4.69) is 12.2 Å². The van der Waals surface area contributed by atoms with Crippen molar-refractivity contribution in [2.24, 2.45) is 11.7 Å². The maximum atomic E-state index is 11.9. The summed E-state index contributed by atoms with van der Waals surface area (Å²) < 4.78 is 0. The SMILES string of the molecule is CCC(C)NC(=O)C1CCN(CC(N)=O)CC1. The van der Waals surface area contributed by atoms with Gasteiger partial charge in [-0.05, 0) is 39.3 Å². The smallest absolute Gasteiger partial charge is 0.231 e. The van der Waals surface area contributed by atoms with Crippen LogP contribution in [-0.2, 0) is 9.59 Å². The summed E-state index contributed by atoms with van der Waals surface area (Å²) in [5.41, 5.74) is 5.14. The van der Waals surface area contributed by atoms with Crippen LogP contribution in [0.3, 0.4) is 0 Å². The third-order valence-electron chi connectivity index (χ3n) is 3.34. The molecule has 0 aromatic rings. The summed E-state index contributed by atoms with van der Waals surface area (Å²) in [5.74, 6) is -0.0568. The van der Waals surface area contributed by atoms with Crippen LogP contribution in [0.25, 0.3) is 0 Å². The fourth-order valence-electron chi connectivity index (χ4n) is 2.04. The van der Waals surface area contributed by atoms with Crippen LogP contribution in [0.5, 0.6) is 0 Å². The molecule has 3 N–H and O–H groups in total. The second-order valence-electron chi connectivity index (χ2n) is 4.83. The second kappa shape index (κ2) is 6.59. The molecule has 1 rings (SSSR count). The first-order chi connectivity index (χ1) is 8.02. The number of rotatable bonds is 5. The van der Waals surface area contributed by atoms with Gasteiger partial charge in [-0.2, -0.15) is 0 Å². The number of hydrogen-bond acceptors (Lipinski definition) is 3. The maximum absolute atomic E-state index is 11.9. The number of nitrogens with one attached hydrogen (secondary N) is 1. The molecule has 0 bridgehead atoms. The van der Waals surface area contributed by atoms with Crippen molar-refractivity contribution in [2.75, 3.05) is 19.6 Å². The van der Waals surface area contributed by atoms with Crippen LogP contribution in [-0.4, -0.2) is 42.4 Å². The molecule has 5 heteroatoms. The fraction of sp³-hybridized carbons (Fsp3) is 0.833. The third-order valence-corrected chi connectivity index (χ3v) is 3.34. The van der Waals surface area contributed by atoms with Crippen LogP contribution in [0.4, 0.5) is 0 Å². The fourth-order valence-corrected chi connectivity index (χ4v) is 2.04. The molecule has 0 radical (unpaired) electrons. The highest BCUT2D eigenvalue weighted by molar-refractivity contribution is 5.79. The quantitative estimate of drug-likeness (QED) is 0.716. The number of nitrogens with zero attached hydrogens (tertiary/aromatic N) is 1. The molecule has 17 heavy (non-hydrogen) atoms. The Kier molecular flexibility index (Phi) is 5.41. The highest BCUT2D eigenvalue weighted by atomic mass is 16.2. The zero-order valence-electron chi connectivity index (χ0n) is 10.7. The van der Waals surface area contributed by atoms with Gasteiger partial charge in [0.2, 0.25) is 11.8 Å². The average Bonchev–Trinajstić information content (AvgIpc) is 2.28. The first-order valence-corrected chi connectivity index (χ1v) is 6.34. The number of carbonyl (C=O) groups is 2. The van der Waals surface area contributed by atoms with Crippen molar-refractivity contribution in [3.63, 3.8) is 0 Å². The molecule has 1 unspecified atom stereocenters. The Hall–Kier alpha value is -1.10. The number of amides is 2.